The summed E-state index contributed by atoms with van der Waals surface area (Å²) in [5, 5.41) is 8.98. The van der Waals surface area contributed by atoms with Gasteiger partial charge in [-0.15, -0.1) is 0 Å². The first kappa shape index (κ1) is 12.9. The van der Waals surface area contributed by atoms with Gasteiger partial charge in [-0.1, -0.05) is 12.1 Å². The zero-order valence-electron chi connectivity index (χ0n) is 10.2. The molecule has 0 bridgehead atoms. The Morgan fingerprint density at radius 3 is 2.68 bits per heavy atom. The summed E-state index contributed by atoms with van der Waals surface area (Å²) in [4.78, 5) is 11.0. The van der Waals surface area contributed by atoms with Crippen molar-refractivity contribution in [1.82, 2.24) is 0 Å². The van der Waals surface area contributed by atoms with E-state index in [1.54, 1.807) is 6.07 Å². The van der Waals surface area contributed by atoms with Gasteiger partial charge in [0.1, 0.15) is 0 Å². The zero-order chi connectivity index (χ0) is 14.0. The smallest absolute Gasteiger partial charge is 0.335 e. The molecule has 0 heterocycles. The summed E-state index contributed by atoms with van der Waals surface area (Å²) < 4.78 is 19.0. The molecule has 2 aromatic rings. The van der Waals surface area contributed by atoms with Crippen molar-refractivity contribution >= 4 is 11.7 Å². The molecule has 0 saturated heterocycles. The molecule has 3 N–H and O–H groups in total. The number of carbonyl (C=O) groups is 1. The lowest BCUT2D eigenvalue weighted by Crippen LogP contribution is -1.99. The van der Waals surface area contributed by atoms with Gasteiger partial charge in [0.05, 0.1) is 12.7 Å². The molecule has 4 nitrogen and oxygen atoms in total. The molecule has 0 aliphatic rings. The van der Waals surface area contributed by atoms with Crippen molar-refractivity contribution in [2.24, 2.45) is 0 Å². The van der Waals surface area contributed by atoms with Crippen LogP contribution in [0.15, 0.2) is 36.4 Å². The minimum absolute atomic E-state index is 0.0113. The van der Waals surface area contributed by atoms with Gasteiger partial charge in [0.2, 0.25) is 0 Å². The molecule has 0 unspecified atom stereocenters. The molecule has 0 aliphatic heterocycles. The van der Waals surface area contributed by atoms with Crippen LogP contribution >= 0.6 is 0 Å². The molecule has 5 heteroatoms. The topological polar surface area (TPSA) is 72.5 Å². The predicted octanol–water partition coefficient (Wildman–Crippen LogP) is 2.78. The second kappa shape index (κ2) is 4.97. The maximum Gasteiger partial charge on any atom is 0.335 e. The van der Waals surface area contributed by atoms with Gasteiger partial charge in [0.15, 0.2) is 11.6 Å². The van der Waals surface area contributed by atoms with Gasteiger partial charge < -0.3 is 15.6 Å². The molecule has 0 spiro atoms. The van der Waals surface area contributed by atoms with Gasteiger partial charge in [-0.2, -0.15) is 0 Å². The van der Waals surface area contributed by atoms with Crippen molar-refractivity contribution in [2.45, 2.75) is 0 Å². The minimum Gasteiger partial charge on any atom is -0.494 e. The van der Waals surface area contributed by atoms with Crippen molar-refractivity contribution in [2.75, 3.05) is 12.8 Å². The Hall–Kier alpha value is -2.56. The predicted molar refractivity (Wildman–Crippen MR) is 69.8 cm³/mol. The average Bonchev–Trinajstić information content (AvgIpc) is 2.38. The number of nitrogens with two attached hydrogens (primary N) is 1. The molecular weight excluding hydrogens is 249 g/mol. The van der Waals surface area contributed by atoms with E-state index in [0.717, 1.165) is 0 Å². The van der Waals surface area contributed by atoms with Crippen LogP contribution in [0.5, 0.6) is 5.75 Å². The van der Waals surface area contributed by atoms with E-state index in [9.17, 15) is 9.18 Å². The summed E-state index contributed by atoms with van der Waals surface area (Å²) in [5.74, 6) is -1.57. The third-order valence-electron chi connectivity index (χ3n) is 2.70. The van der Waals surface area contributed by atoms with Crippen LogP contribution in [0.3, 0.4) is 0 Å². The third-order valence-corrected chi connectivity index (χ3v) is 2.70. The van der Waals surface area contributed by atoms with Crippen LogP contribution in [-0.2, 0) is 0 Å². The molecule has 0 amide bonds. The largest absolute Gasteiger partial charge is 0.494 e. The summed E-state index contributed by atoms with van der Waals surface area (Å²) in [5.41, 5.74) is 6.55. The molecule has 0 fully saturated rings. The Balaban J connectivity index is 2.62. The second-order valence-electron chi connectivity index (χ2n) is 3.97. The standard InChI is InChI=1S/C14H12FNO3/c1-19-12-4-2-3-11(13(12)15)8-5-9(14(17)18)7-10(16)6-8/h2-7H,16H2,1H3,(H,17,18). The highest BCUT2D eigenvalue weighted by Crippen LogP contribution is 2.30. The maximum absolute atomic E-state index is 14.1. The lowest BCUT2D eigenvalue weighted by molar-refractivity contribution is 0.0697. The molecular formula is C14H12FNO3. The lowest BCUT2D eigenvalue weighted by Gasteiger charge is -2.09. The number of ether oxygens (including phenoxy) is 1. The fourth-order valence-electron chi connectivity index (χ4n) is 1.82. The van der Waals surface area contributed by atoms with Gasteiger partial charge in [-0.3, -0.25) is 0 Å². The highest BCUT2D eigenvalue weighted by molar-refractivity contribution is 5.91. The molecule has 0 aromatic heterocycles. The summed E-state index contributed by atoms with van der Waals surface area (Å²) in [6.45, 7) is 0. The third kappa shape index (κ3) is 2.49. The number of aromatic carboxylic acids is 1. The van der Waals surface area contributed by atoms with E-state index < -0.39 is 11.8 Å². The van der Waals surface area contributed by atoms with E-state index in [-0.39, 0.29) is 22.6 Å². The summed E-state index contributed by atoms with van der Waals surface area (Å²) in [7, 11) is 1.37. The molecule has 0 saturated carbocycles. The van der Waals surface area contributed by atoms with Crippen LogP contribution in [0.4, 0.5) is 10.1 Å². The molecule has 0 radical (unpaired) electrons. The highest BCUT2D eigenvalue weighted by atomic mass is 19.1. The summed E-state index contributed by atoms with van der Waals surface area (Å²) >= 11 is 0. The van der Waals surface area contributed by atoms with Crippen LogP contribution in [0.25, 0.3) is 11.1 Å². The van der Waals surface area contributed by atoms with Crippen molar-refractivity contribution in [1.29, 1.82) is 0 Å². The van der Waals surface area contributed by atoms with E-state index >= 15 is 0 Å². The SMILES string of the molecule is COc1cccc(-c2cc(N)cc(C(=O)O)c2)c1F. The van der Waals surface area contributed by atoms with Crippen molar-refractivity contribution in [3.63, 3.8) is 0 Å². The van der Waals surface area contributed by atoms with E-state index in [1.807, 2.05) is 0 Å². The number of methoxy groups -OCH3 is 1. The van der Waals surface area contributed by atoms with E-state index in [0.29, 0.717) is 5.56 Å². The van der Waals surface area contributed by atoms with Crippen molar-refractivity contribution in [3.05, 3.63) is 47.8 Å². The summed E-state index contributed by atoms with van der Waals surface area (Å²) in [6, 6.07) is 8.87. The first-order valence-electron chi connectivity index (χ1n) is 5.49. The van der Waals surface area contributed by atoms with E-state index in [1.165, 1.54) is 37.4 Å². The number of hydrogen-bond acceptors (Lipinski definition) is 3. The number of benzene rings is 2. The summed E-state index contributed by atoms with van der Waals surface area (Å²) in [6.07, 6.45) is 0. The number of hydrogen-bond donors (Lipinski definition) is 2. The fraction of sp³-hybridized carbons (Fsp3) is 0.0714. The van der Waals surface area contributed by atoms with Crippen molar-refractivity contribution < 1.29 is 19.0 Å². The van der Waals surface area contributed by atoms with Crippen LogP contribution in [0, 0.1) is 5.82 Å². The molecule has 0 aliphatic carbocycles. The van der Waals surface area contributed by atoms with E-state index in [2.05, 4.69) is 0 Å². The lowest BCUT2D eigenvalue weighted by atomic mass is 10.0. The Morgan fingerprint density at radius 1 is 1.32 bits per heavy atom. The number of halogens is 1. The average molecular weight is 261 g/mol. The van der Waals surface area contributed by atoms with Gasteiger partial charge in [0.25, 0.3) is 0 Å². The number of carboxylic acids is 1. The Morgan fingerprint density at radius 2 is 2.05 bits per heavy atom. The van der Waals surface area contributed by atoms with Crippen LogP contribution in [0.2, 0.25) is 0 Å². The fourth-order valence-corrected chi connectivity index (χ4v) is 1.82. The maximum atomic E-state index is 14.1. The minimum atomic E-state index is -1.11. The van der Waals surface area contributed by atoms with Crippen LogP contribution < -0.4 is 10.5 Å². The number of nitrogen functional groups attached to an aromatic ring is 1. The quantitative estimate of drug-likeness (QED) is 0.833. The van der Waals surface area contributed by atoms with E-state index in [4.69, 9.17) is 15.6 Å². The Bertz CT molecular complexity index is 641. The number of anilines is 1. The Labute approximate surface area is 109 Å². The monoisotopic (exact) mass is 261 g/mol. The number of carboxylic acid groups (broad SMARTS) is 1. The molecule has 2 aromatic carbocycles. The van der Waals surface area contributed by atoms with Crippen molar-refractivity contribution in [3.8, 4) is 16.9 Å². The second-order valence-corrected chi connectivity index (χ2v) is 3.97. The van der Waals surface area contributed by atoms with Crippen LogP contribution in [0.1, 0.15) is 10.4 Å². The molecule has 19 heavy (non-hydrogen) atoms. The normalized spacial score (nSPS) is 10.2. The first-order valence-corrected chi connectivity index (χ1v) is 5.49. The highest BCUT2D eigenvalue weighted by Gasteiger charge is 2.13. The van der Waals surface area contributed by atoms with Gasteiger partial charge in [-0.25, -0.2) is 9.18 Å². The Kier molecular flexibility index (Phi) is 3.37. The van der Waals surface area contributed by atoms with Gasteiger partial charge in [0, 0.05) is 11.3 Å². The van der Waals surface area contributed by atoms with Gasteiger partial charge in [-0.05, 0) is 29.8 Å². The molecule has 0 atom stereocenters. The first-order chi connectivity index (χ1) is 9.02. The van der Waals surface area contributed by atoms with Crippen LogP contribution in [-0.4, -0.2) is 18.2 Å². The van der Waals surface area contributed by atoms with Gasteiger partial charge >= 0.3 is 5.97 Å². The molecule has 2 rings (SSSR count). The molecule has 98 valence electrons. The zero-order valence-corrected chi connectivity index (χ0v) is 10.2. The number of rotatable bonds is 3.